The minimum atomic E-state index is -0.411. The zero-order chi connectivity index (χ0) is 15.9. The van der Waals surface area contributed by atoms with Crippen LogP contribution >= 0.6 is 0 Å². The van der Waals surface area contributed by atoms with Crippen molar-refractivity contribution in [3.05, 3.63) is 49.3 Å². The molecule has 1 aliphatic rings. The minimum Gasteiger partial charge on any atom is -0.379 e. The molecule has 22 heavy (non-hydrogen) atoms. The molecule has 1 saturated heterocycles. The molecule has 1 heterocycles. The third-order valence-electron chi connectivity index (χ3n) is 4.55. The van der Waals surface area contributed by atoms with Crippen LogP contribution in [0.3, 0.4) is 0 Å². The summed E-state index contributed by atoms with van der Waals surface area (Å²) in [5.41, 5.74) is 4.38. The zero-order valence-corrected chi connectivity index (χ0v) is 13.3. The normalized spacial score (nSPS) is 18.0. The molecule has 2 aromatic carbocycles. The van der Waals surface area contributed by atoms with E-state index in [9.17, 15) is 9.59 Å². The third kappa shape index (κ3) is 2.48. The molecule has 0 spiro atoms. The zero-order valence-electron chi connectivity index (χ0n) is 13.3. The van der Waals surface area contributed by atoms with Gasteiger partial charge in [0.2, 0.25) is 10.9 Å². The molecule has 2 aromatic rings. The second kappa shape index (κ2) is 5.69. The third-order valence-corrected chi connectivity index (χ3v) is 4.55. The number of benzene rings is 1. The molecule has 1 N–H and O–H groups in total. The molecule has 1 fully saturated rings. The van der Waals surface area contributed by atoms with Gasteiger partial charge in [-0.25, -0.2) is 0 Å². The van der Waals surface area contributed by atoms with Crippen molar-refractivity contribution in [3.8, 4) is 11.1 Å². The Balaban J connectivity index is 1.91. The van der Waals surface area contributed by atoms with Gasteiger partial charge in [-0.3, -0.25) is 9.59 Å². The smallest absolute Gasteiger partial charge is 0.250 e. The quantitative estimate of drug-likeness (QED) is 0.881. The van der Waals surface area contributed by atoms with Gasteiger partial charge in [0.25, 0.3) is 0 Å². The van der Waals surface area contributed by atoms with Crippen LogP contribution in [-0.4, -0.2) is 19.3 Å². The van der Waals surface area contributed by atoms with Gasteiger partial charge >= 0.3 is 0 Å². The molecule has 3 rings (SSSR count). The van der Waals surface area contributed by atoms with E-state index in [0.717, 1.165) is 36.1 Å². The van der Waals surface area contributed by atoms with Crippen molar-refractivity contribution < 1.29 is 4.74 Å². The van der Waals surface area contributed by atoms with Gasteiger partial charge in [0.15, 0.2) is 0 Å². The van der Waals surface area contributed by atoms with Crippen LogP contribution in [0.5, 0.6) is 0 Å². The fraction of sp³-hybridized carbons (Fsp3) is 0.444. The van der Waals surface area contributed by atoms with Crippen LogP contribution in [0.25, 0.3) is 11.1 Å². The van der Waals surface area contributed by atoms with Crippen LogP contribution in [0.1, 0.15) is 29.5 Å². The molecular formula is C18H21NO3. The molecule has 0 aliphatic carbocycles. The summed E-state index contributed by atoms with van der Waals surface area (Å²) < 4.78 is 5.55. The van der Waals surface area contributed by atoms with Gasteiger partial charge in [0.05, 0.1) is 17.4 Å². The minimum absolute atomic E-state index is 0.137. The van der Waals surface area contributed by atoms with E-state index in [1.54, 1.807) is 0 Å². The highest BCUT2D eigenvalue weighted by Crippen LogP contribution is 2.29. The van der Waals surface area contributed by atoms with Gasteiger partial charge in [0.1, 0.15) is 0 Å². The second-order valence-electron chi connectivity index (χ2n) is 6.18. The van der Waals surface area contributed by atoms with E-state index < -0.39 is 5.43 Å². The Bertz CT molecular complexity index is 778. The summed E-state index contributed by atoms with van der Waals surface area (Å²) in [6.45, 7) is 7.40. The molecule has 0 radical (unpaired) electrons. The maximum absolute atomic E-state index is 12.0. The van der Waals surface area contributed by atoms with Crippen molar-refractivity contribution in [1.82, 2.24) is 0 Å². The van der Waals surface area contributed by atoms with Gasteiger partial charge in [-0.05, 0) is 55.9 Å². The Labute approximate surface area is 129 Å². The van der Waals surface area contributed by atoms with Gasteiger partial charge < -0.3 is 10.1 Å². The number of nitrogens with one attached hydrogen (secondary N) is 1. The molecule has 1 unspecified atom stereocenters. The topological polar surface area (TPSA) is 55.4 Å². The summed E-state index contributed by atoms with van der Waals surface area (Å²) in [4.78, 5) is 23.9. The molecule has 0 aromatic heterocycles. The maximum Gasteiger partial charge on any atom is 0.250 e. The Kier molecular flexibility index (Phi) is 3.87. The van der Waals surface area contributed by atoms with E-state index in [1.807, 2.05) is 26.8 Å². The summed E-state index contributed by atoms with van der Waals surface area (Å²) in [6.07, 6.45) is 2.19. The highest BCUT2D eigenvalue weighted by atomic mass is 16.5. The van der Waals surface area contributed by atoms with E-state index in [1.165, 1.54) is 5.56 Å². The van der Waals surface area contributed by atoms with Crippen LogP contribution in [0.2, 0.25) is 0 Å². The molecule has 0 bridgehead atoms. The molecule has 116 valence electrons. The predicted octanol–water partition coefficient (Wildman–Crippen LogP) is 2.47. The lowest BCUT2D eigenvalue weighted by Crippen LogP contribution is -2.38. The number of ether oxygens (including phenoxy) is 1. The Morgan fingerprint density at radius 2 is 1.82 bits per heavy atom. The first kappa shape index (κ1) is 15.0. The Morgan fingerprint density at radius 1 is 1.09 bits per heavy atom. The van der Waals surface area contributed by atoms with E-state index >= 15 is 0 Å². The Hall–Kier alpha value is -1.94. The van der Waals surface area contributed by atoms with Crippen molar-refractivity contribution in [2.45, 2.75) is 39.7 Å². The van der Waals surface area contributed by atoms with Crippen LogP contribution in [-0.2, 0) is 4.74 Å². The van der Waals surface area contributed by atoms with E-state index in [-0.39, 0.29) is 11.5 Å². The fourth-order valence-corrected chi connectivity index (χ4v) is 3.07. The van der Waals surface area contributed by atoms with Crippen molar-refractivity contribution in [3.63, 3.8) is 0 Å². The molecule has 4 heteroatoms. The summed E-state index contributed by atoms with van der Waals surface area (Å²) >= 11 is 0. The lowest BCUT2D eigenvalue weighted by molar-refractivity contribution is 0.120. The van der Waals surface area contributed by atoms with Crippen LogP contribution in [0.15, 0.2) is 21.7 Å². The fourth-order valence-electron chi connectivity index (χ4n) is 3.07. The molecule has 4 nitrogen and oxygen atoms in total. The van der Waals surface area contributed by atoms with Gasteiger partial charge in [-0.1, -0.05) is 12.1 Å². The number of aryl methyl sites for hydroxylation is 3. The van der Waals surface area contributed by atoms with Gasteiger partial charge in [-0.15, -0.1) is 0 Å². The van der Waals surface area contributed by atoms with E-state index in [4.69, 9.17) is 4.74 Å². The van der Waals surface area contributed by atoms with Crippen LogP contribution in [0, 0.1) is 20.8 Å². The van der Waals surface area contributed by atoms with Crippen molar-refractivity contribution >= 4 is 5.69 Å². The molecular weight excluding hydrogens is 278 g/mol. The van der Waals surface area contributed by atoms with Crippen molar-refractivity contribution in [2.75, 3.05) is 18.5 Å². The van der Waals surface area contributed by atoms with Gasteiger partial charge in [-0.2, -0.15) is 0 Å². The number of anilines is 1. The SMILES string of the molecule is Cc1cc(C)c(-c2c(NCC3CCCO3)c(=O)c2=O)cc1C. The summed E-state index contributed by atoms with van der Waals surface area (Å²) in [5, 5.41) is 3.14. The molecule has 1 atom stereocenters. The Morgan fingerprint density at radius 3 is 2.50 bits per heavy atom. The van der Waals surface area contributed by atoms with Gasteiger partial charge in [0, 0.05) is 13.2 Å². The molecule has 0 amide bonds. The monoisotopic (exact) mass is 299 g/mol. The highest BCUT2D eigenvalue weighted by Gasteiger charge is 2.25. The number of hydrogen-bond acceptors (Lipinski definition) is 4. The number of rotatable bonds is 4. The largest absolute Gasteiger partial charge is 0.379 e. The average molecular weight is 299 g/mol. The number of hydrogen-bond donors (Lipinski definition) is 1. The first-order chi connectivity index (χ1) is 10.5. The summed E-state index contributed by atoms with van der Waals surface area (Å²) in [5.74, 6) is 0. The first-order valence-electron chi connectivity index (χ1n) is 7.76. The van der Waals surface area contributed by atoms with E-state index in [0.29, 0.717) is 17.8 Å². The summed E-state index contributed by atoms with van der Waals surface area (Å²) in [6, 6.07) is 4.06. The lowest BCUT2D eigenvalue weighted by Gasteiger charge is -2.18. The summed E-state index contributed by atoms with van der Waals surface area (Å²) in [7, 11) is 0. The van der Waals surface area contributed by atoms with Crippen LogP contribution in [0.4, 0.5) is 5.69 Å². The molecule has 1 aliphatic heterocycles. The second-order valence-corrected chi connectivity index (χ2v) is 6.18. The maximum atomic E-state index is 12.0. The predicted molar refractivity (Wildman–Crippen MR) is 88.5 cm³/mol. The standard InChI is InChI=1S/C18H21NO3/c1-10-7-12(3)14(8-11(10)2)15-16(18(21)17(15)20)19-9-13-5-4-6-22-13/h7-8,13,19H,4-6,9H2,1-3H3. The average Bonchev–Trinajstić information content (AvgIpc) is 3.00. The highest BCUT2D eigenvalue weighted by molar-refractivity contribution is 5.84. The van der Waals surface area contributed by atoms with Crippen molar-refractivity contribution in [2.24, 2.45) is 0 Å². The molecule has 0 saturated carbocycles. The lowest BCUT2D eigenvalue weighted by atomic mass is 9.91. The van der Waals surface area contributed by atoms with Crippen molar-refractivity contribution in [1.29, 1.82) is 0 Å². The first-order valence-corrected chi connectivity index (χ1v) is 7.76. The van der Waals surface area contributed by atoms with E-state index in [2.05, 4.69) is 11.4 Å². The van der Waals surface area contributed by atoms with Crippen LogP contribution < -0.4 is 16.2 Å².